The number of thiophene rings is 1. The first-order valence-corrected chi connectivity index (χ1v) is 7.73. The van der Waals surface area contributed by atoms with Gasteiger partial charge in [0.2, 0.25) is 0 Å². The second-order valence-electron chi connectivity index (χ2n) is 5.02. The van der Waals surface area contributed by atoms with Gasteiger partial charge in [-0.2, -0.15) is 0 Å². The molecule has 0 bridgehead atoms. The molecule has 0 fully saturated rings. The summed E-state index contributed by atoms with van der Waals surface area (Å²) in [5.74, 6) is 0. The first-order valence-electron chi connectivity index (χ1n) is 6.85. The normalized spacial score (nSPS) is 13.3. The van der Waals surface area contributed by atoms with Crippen molar-refractivity contribution in [2.75, 3.05) is 13.2 Å². The number of nitrogens with one attached hydrogen (secondary N) is 1. The number of hydrogen-bond acceptors (Lipinski definition) is 4. The van der Waals surface area contributed by atoms with Crippen molar-refractivity contribution in [2.45, 2.75) is 39.3 Å². The maximum Gasteiger partial charge on any atom is 0.0809 e. The van der Waals surface area contributed by atoms with Crippen LogP contribution in [0.2, 0.25) is 0 Å². The summed E-state index contributed by atoms with van der Waals surface area (Å²) in [6.45, 7) is 8.10. The topological polar surface area (TPSA) is 34.1 Å². The summed E-state index contributed by atoms with van der Waals surface area (Å²) >= 11 is 1.74. The lowest BCUT2D eigenvalue weighted by molar-refractivity contribution is 0.0768. The summed E-state index contributed by atoms with van der Waals surface area (Å²) < 4.78 is 6.78. The number of nitrogens with zero attached hydrogens (tertiary/aromatic N) is 1. The van der Waals surface area contributed by atoms with E-state index in [1.807, 2.05) is 6.20 Å². The van der Waals surface area contributed by atoms with Crippen LogP contribution in [0.1, 0.15) is 38.8 Å². The van der Waals surface area contributed by atoms with Crippen LogP contribution >= 0.6 is 11.3 Å². The van der Waals surface area contributed by atoms with E-state index in [9.17, 15) is 0 Å². The van der Waals surface area contributed by atoms with E-state index in [0.717, 1.165) is 25.1 Å². The van der Waals surface area contributed by atoms with Crippen LogP contribution in [-0.4, -0.2) is 24.2 Å². The number of ether oxygens (including phenoxy) is 1. The molecule has 1 unspecified atom stereocenters. The van der Waals surface area contributed by atoms with Gasteiger partial charge < -0.3 is 10.1 Å². The molecule has 0 aliphatic rings. The Labute approximate surface area is 119 Å². The molecule has 0 saturated heterocycles. The van der Waals surface area contributed by atoms with Gasteiger partial charge in [0.1, 0.15) is 0 Å². The van der Waals surface area contributed by atoms with Crippen LogP contribution in [0.5, 0.6) is 0 Å². The highest BCUT2D eigenvalue weighted by molar-refractivity contribution is 7.17. The lowest BCUT2D eigenvalue weighted by atomic mass is 10.1. The zero-order valence-corrected chi connectivity index (χ0v) is 12.7. The third kappa shape index (κ3) is 4.27. The van der Waals surface area contributed by atoms with Gasteiger partial charge in [0.05, 0.1) is 16.3 Å². The first kappa shape index (κ1) is 14.4. The predicted molar refractivity (Wildman–Crippen MR) is 81.7 cm³/mol. The minimum atomic E-state index is 0.322. The third-order valence-electron chi connectivity index (χ3n) is 3.05. The van der Waals surface area contributed by atoms with Crippen molar-refractivity contribution in [1.29, 1.82) is 0 Å². The molecule has 2 heterocycles. The molecule has 2 rings (SSSR count). The van der Waals surface area contributed by atoms with Gasteiger partial charge in [0, 0.05) is 18.8 Å². The molecule has 0 spiro atoms. The van der Waals surface area contributed by atoms with Crippen molar-refractivity contribution >= 4 is 21.6 Å². The number of hydrogen-bond donors (Lipinski definition) is 1. The van der Waals surface area contributed by atoms with Crippen molar-refractivity contribution in [3.05, 3.63) is 29.3 Å². The Morgan fingerprint density at radius 3 is 3.00 bits per heavy atom. The van der Waals surface area contributed by atoms with Gasteiger partial charge in [-0.3, -0.25) is 4.98 Å². The van der Waals surface area contributed by atoms with Crippen LogP contribution in [0, 0.1) is 0 Å². The minimum Gasteiger partial charge on any atom is -0.379 e. The second kappa shape index (κ2) is 6.98. The number of rotatable bonds is 7. The van der Waals surface area contributed by atoms with E-state index >= 15 is 0 Å². The molecule has 19 heavy (non-hydrogen) atoms. The van der Waals surface area contributed by atoms with Crippen LogP contribution in [0.3, 0.4) is 0 Å². The molecule has 0 radical (unpaired) electrons. The Hall–Kier alpha value is -0.970. The summed E-state index contributed by atoms with van der Waals surface area (Å²) in [7, 11) is 0. The minimum absolute atomic E-state index is 0.322. The molecule has 0 amide bonds. The van der Waals surface area contributed by atoms with E-state index in [0.29, 0.717) is 12.1 Å². The van der Waals surface area contributed by atoms with Gasteiger partial charge in [0.25, 0.3) is 0 Å². The quantitative estimate of drug-likeness (QED) is 0.783. The second-order valence-corrected chi connectivity index (χ2v) is 5.97. The monoisotopic (exact) mass is 278 g/mol. The van der Waals surface area contributed by atoms with Crippen molar-refractivity contribution in [3.63, 3.8) is 0 Å². The summed E-state index contributed by atoms with van der Waals surface area (Å²) in [4.78, 5) is 4.48. The smallest absolute Gasteiger partial charge is 0.0809 e. The van der Waals surface area contributed by atoms with Crippen molar-refractivity contribution in [2.24, 2.45) is 0 Å². The number of fused-ring (bicyclic) bond motifs is 1. The lowest BCUT2D eigenvalue weighted by Gasteiger charge is -2.14. The maximum atomic E-state index is 5.53. The molecule has 0 saturated carbocycles. The Balaban J connectivity index is 1.80. The fourth-order valence-electron chi connectivity index (χ4n) is 1.93. The van der Waals surface area contributed by atoms with Gasteiger partial charge in [-0.15, -0.1) is 11.3 Å². The van der Waals surface area contributed by atoms with E-state index in [1.165, 1.54) is 10.3 Å². The maximum absolute atomic E-state index is 5.53. The van der Waals surface area contributed by atoms with E-state index < -0.39 is 0 Å². The predicted octanol–water partition coefficient (Wildman–Crippen LogP) is 3.76. The molecule has 104 valence electrons. The van der Waals surface area contributed by atoms with Gasteiger partial charge in [-0.25, -0.2) is 0 Å². The highest BCUT2D eigenvalue weighted by atomic mass is 32.1. The average molecular weight is 278 g/mol. The summed E-state index contributed by atoms with van der Waals surface area (Å²) in [6.07, 6.45) is 3.33. The number of pyridine rings is 1. The highest BCUT2D eigenvalue weighted by Crippen LogP contribution is 2.22. The van der Waals surface area contributed by atoms with Crippen LogP contribution in [-0.2, 0) is 4.74 Å². The molecule has 0 aromatic carbocycles. The SMILES string of the molecule is CC(C)OCCCNC(C)c1cnc2ccsc2c1. The fourth-order valence-corrected chi connectivity index (χ4v) is 2.72. The Morgan fingerprint density at radius 1 is 1.37 bits per heavy atom. The van der Waals surface area contributed by atoms with E-state index in [4.69, 9.17) is 4.74 Å². The highest BCUT2D eigenvalue weighted by Gasteiger charge is 2.06. The van der Waals surface area contributed by atoms with Crippen molar-refractivity contribution < 1.29 is 4.74 Å². The van der Waals surface area contributed by atoms with Crippen LogP contribution in [0.25, 0.3) is 10.2 Å². The van der Waals surface area contributed by atoms with Crippen LogP contribution in [0.15, 0.2) is 23.7 Å². The molecule has 0 aliphatic carbocycles. The zero-order chi connectivity index (χ0) is 13.7. The van der Waals surface area contributed by atoms with Crippen LogP contribution in [0.4, 0.5) is 0 Å². The molecule has 3 nitrogen and oxygen atoms in total. The molecule has 2 aromatic rings. The van der Waals surface area contributed by atoms with Gasteiger partial charge in [-0.05, 0) is 56.8 Å². The molecule has 1 atom stereocenters. The van der Waals surface area contributed by atoms with Crippen molar-refractivity contribution in [3.8, 4) is 0 Å². The Morgan fingerprint density at radius 2 is 2.21 bits per heavy atom. The molecule has 4 heteroatoms. The lowest BCUT2D eigenvalue weighted by Crippen LogP contribution is -2.21. The number of aromatic nitrogens is 1. The van der Waals surface area contributed by atoms with E-state index in [2.05, 4.69) is 48.6 Å². The molecular formula is C15H22N2OS. The standard InChI is InChI=1S/C15H22N2OS/c1-11(2)18-7-4-6-16-12(3)13-9-15-14(17-10-13)5-8-19-15/h5,8-12,16H,4,6-7H2,1-3H3. The summed E-state index contributed by atoms with van der Waals surface area (Å²) in [6, 6.07) is 4.62. The molecule has 1 N–H and O–H groups in total. The van der Waals surface area contributed by atoms with Gasteiger partial charge >= 0.3 is 0 Å². The van der Waals surface area contributed by atoms with Gasteiger partial charge in [-0.1, -0.05) is 0 Å². The van der Waals surface area contributed by atoms with Crippen molar-refractivity contribution in [1.82, 2.24) is 10.3 Å². The van der Waals surface area contributed by atoms with Gasteiger partial charge in [0.15, 0.2) is 0 Å². The molecular weight excluding hydrogens is 256 g/mol. The third-order valence-corrected chi connectivity index (χ3v) is 3.90. The molecule has 2 aromatic heterocycles. The molecule has 0 aliphatic heterocycles. The van der Waals surface area contributed by atoms with E-state index in [1.54, 1.807) is 11.3 Å². The Kier molecular flexibility index (Phi) is 5.31. The fraction of sp³-hybridized carbons (Fsp3) is 0.533. The zero-order valence-electron chi connectivity index (χ0n) is 11.8. The van der Waals surface area contributed by atoms with Crippen LogP contribution < -0.4 is 5.32 Å². The average Bonchev–Trinajstić information content (AvgIpc) is 2.84. The summed E-state index contributed by atoms with van der Waals surface area (Å²) in [5.41, 5.74) is 2.34. The first-order chi connectivity index (χ1) is 9.16. The largest absolute Gasteiger partial charge is 0.379 e. The van der Waals surface area contributed by atoms with E-state index in [-0.39, 0.29) is 0 Å². The Bertz CT molecular complexity index is 510. The summed E-state index contributed by atoms with van der Waals surface area (Å²) in [5, 5.41) is 5.60.